The Kier molecular flexibility index (Phi) is 4.50. The van der Waals surface area contributed by atoms with Gasteiger partial charge in [-0.3, -0.25) is 0 Å². The van der Waals surface area contributed by atoms with Crippen LogP contribution < -0.4 is 5.32 Å². The first-order valence-electron chi connectivity index (χ1n) is 5.73. The highest BCUT2D eigenvalue weighted by Gasteiger charge is 2.24. The Hall–Kier alpha value is -0.750. The third-order valence-corrected chi connectivity index (χ3v) is 3.90. The molecule has 1 aliphatic heterocycles. The standard InChI is InChI=1S/C12H13F4NS/c13-9-2-1-8(7-3-5-17-6-4-7)11(10(9)14)18-12(15)16/h1-2,7,12,17H,3-6H2. The summed E-state index contributed by atoms with van der Waals surface area (Å²) in [6.07, 6.45) is 1.50. The molecule has 1 saturated heterocycles. The Labute approximate surface area is 107 Å². The van der Waals surface area contributed by atoms with Gasteiger partial charge in [0, 0.05) is 0 Å². The molecule has 18 heavy (non-hydrogen) atoms. The second-order valence-electron chi connectivity index (χ2n) is 4.18. The predicted octanol–water partition coefficient (Wildman–Crippen LogP) is 3.75. The van der Waals surface area contributed by atoms with E-state index < -0.39 is 17.4 Å². The number of hydrogen-bond donors (Lipinski definition) is 1. The molecule has 0 spiro atoms. The van der Waals surface area contributed by atoms with Crippen molar-refractivity contribution in [2.45, 2.75) is 29.4 Å². The quantitative estimate of drug-likeness (QED) is 0.668. The summed E-state index contributed by atoms with van der Waals surface area (Å²) in [4.78, 5) is -0.239. The monoisotopic (exact) mass is 279 g/mol. The second kappa shape index (κ2) is 5.93. The van der Waals surface area contributed by atoms with E-state index in [1.165, 1.54) is 6.07 Å². The molecule has 0 saturated carbocycles. The summed E-state index contributed by atoms with van der Waals surface area (Å²) >= 11 is 0.0907. The molecule has 1 aliphatic rings. The third kappa shape index (κ3) is 2.98. The van der Waals surface area contributed by atoms with Crippen molar-refractivity contribution in [1.82, 2.24) is 5.32 Å². The summed E-state index contributed by atoms with van der Waals surface area (Å²) in [5.74, 6) is -4.96. The largest absolute Gasteiger partial charge is 0.317 e. The summed E-state index contributed by atoms with van der Waals surface area (Å²) < 4.78 is 51.6. The van der Waals surface area contributed by atoms with Crippen molar-refractivity contribution in [2.24, 2.45) is 0 Å². The van der Waals surface area contributed by atoms with Crippen molar-refractivity contribution in [1.29, 1.82) is 0 Å². The van der Waals surface area contributed by atoms with Gasteiger partial charge in [0.2, 0.25) is 0 Å². The van der Waals surface area contributed by atoms with Gasteiger partial charge in [-0.1, -0.05) is 17.8 Å². The lowest BCUT2D eigenvalue weighted by atomic mass is 9.90. The Morgan fingerprint density at radius 1 is 1.17 bits per heavy atom. The summed E-state index contributed by atoms with van der Waals surface area (Å²) in [5.41, 5.74) is 0.501. The molecule has 1 aromatic rings. The summed E-state index contributed by atoms with van der Waals surface area (Å²) in [6, 6.07) is 2.45. The fourth-order valence-electron chi connectivity index (χ4n) is 2.21. The zero-order chi connectivity index (χ0) is 13.1. The first-order valence-corrected chi connectivity index (χ1v) is 6.61. The van der Waals surface area contributed by atoms with Crippen molar-refractivity contribution in [3.8, 4) is 0 Å². The number of rotatable bonds is 3. The topological polar surface area (TPSA) is 12.0 Å². The molecule has 2 rings (SSSR count). The normalized spacial score (nSPS) is 17.4. The van der Waals surface area contributed by atoms with Crippen LogP contribution in [-0.4, -0.2) is 18.8 Å². The van der Waals surface area contributed by atoms with Gasteiger partial charge in [-0.25, -0.2) is 8.78 Å². The Balaban J connectivity index is 2.35. The first kappa shape index (κ1) is 13.7. The molecule has 0 unspecified atom stereocenters. The molecular weight excluding hydrogens is 266 g/mol. The number of hydrogen-bond acceptors (Lipinski definition) is 2. The molecule has 0 bridgehead atoms. The van der Waals surface area contributed by atoms with E-state index in [1.54, 1.807) is 0 Å². The third-order valence-electron chi connectivity index (χ3n) is 3.07. The van der Waals surface area contributed by atoms with Gasteiger partial charge >= 0.3 is 0 Å². The number of halogens is 4. The van der Waals surface area contributed by atoms with Crippen molar-refractivity contribution < 1.29 is 17.6 Å². The van der Waals surface area contributed by atoms with Crippen LogP contribution in [0.1, 0.15) is 24.3 Å². The maximum absolute atomic E-state index is 13.6. The Morgan fingerprint density at radius 3 is 2.44 bits per heavy atom. The average Bonchev–Trinajstić information content (AvgIpc) is 2.36. The van der Waals surface area contributed by atoms with Crippen LogP contribution in [0.3, 0.4) is 0 Å². The van der Waals surface area contributed by atoms with Crippen LogP contribution in [0.4, 0.5) is 17.6 Å². The molecule has 0 amide bonds. The molecule has 1 aromatic carbocycles. The molecule has 1 nitrogen and oxygen atoms in total. The number of alkyl halides is 2. The first-order chi connectivity index (χ1) is 8.59. The number of nitrogens with one attached hydrogen (secondary N) is 1. The second-order valence-corrected chi connectivity index (χ2v) is 5.18. The minimum Gasteiger partial charge on any atom is -0.317 e. The molecule has 0 aliphatic carbocycles. The van der Waals surface area contributed by atoms with Gasteiger partial charge in [-0.15, -0.1) is 0 Å². The molecule has 1 fully saturated rings. The van der Waals surface area contributed by atoms with Gasteiger partial charge in [-0.2, -0.15) is 8.78 Å². The van der Waals surface area contributed by atoms with E-state index in [4.69, 9.17) is 0 Å². The minimum absolute atomic E-state index is 0.0163. The number of thioether (sulfide) groups is 1. The van der Waals surface area contributed by atoms with Gasteiger partial charge in [0.15, 0.2) is 11.6 Å². The zero-order valence-electron chi connectivity index (χ0n) is 9.56. The van der Waals surface area contributed by atoms with Gasteiger partial charge in [-0.05, 0) is 43.5 Å². The molecule has 0 atom stereocenters. The van der Waals surface area contributed by atoms with Gasteiger partial charge in [0.05, 0.1) is 4.90 Å². The smallest absolute Gasteiger partial charge is 0.289 e. The lowest BCUT2D eigenvalue weighted by Gasteiger charge is -2.25. The zero-order valence-corrected chi connectivity index (χ0v) is 10.4. The summed E-state index contributed by atoms with van der Waals surface area (Å²) in [7, 11) is 0. The molecular formula is C12H13F4NS. The van der Waals surface area contributed by atoms with Crippen LogP contribution in [0.15, 0.2) is 17.0 Å². The lowest BCUT2D eigenvalue weighted by Crippen LogP contribution is -2.27. The molecule has 0 aromatic heterocycles. The summed E-state index contributed by atoms with van der Waals surface area (Å²) in [6.45, 7) is 1.53. The highest BCUT2D eigenvalue weighted by atomic mass is 32.2. The van der Waals surface area contributed by atoms with E-state index in [-0.39, 0.29) is 22.6 Å². The van der Waals surface area contributed by atoms with Crippen molar-refractivity contribution >= 4 is 11.8 Å². The van der Waals surface area contributed by atoms with Gasteiger partial charge < -0.3 is 5.32 Å². The van der Waals surface area contributed by atoms with E-state index in [2.05, 4.69) is 5.32 Å². The molecule has 1 heterocycles. The van der Waals surface area contributed by atoms with E-state index >= 15 is 0 Å². The molecule has 0 radical (unpaired) electrons. The Bertz CT molecular complexity index is 419. The van der Waals surface area contributed by atoms with Gasteiger partial charge in [0.1, 0.15) is 0 Å². The maximum atomic E-state index is 13.6. The van der Waals surface area contributed by atoms with Crippen LogP contribution in [0.2, 0.25) is 0 Å². The Morgan fingerprint density at radius 2 is 1.83 bits per heavy atom. The van der Waals surface area contributed by atoms with Crippen LogP contribution >= 0.6 is 11.8 Å². The van der Waals surface area contributed by atoms with Crippen molar-refractivity contribution in [2.75, 3.05) is 13.1 Å². The highest BCUT2D eigenvalue weighted by molar-refractivity contribution is 7.99. The van der Waals surface area contributed by atoms with Crippen LogP contribution in [0.25, 0.3) is 0 Å². The highest BCUT2D eigenvalue weighted by Crippen LogP contribution is 2.38. The minimum atomic E-state index is -2.75. The van der Waals surface area contributed by atoms with Crippen molar-refractivity contribution in [3.63, 3.8) is 0 Å². The van der Waals surface area contributed by atoms with E-state index in [1.807, 2.05) is 0 Å². The summed E-state index contributed by atoms with van der Waals surface area (Å²) in [5, 5.41) is 3.15. The van der Waals surface area contributed by atoms with E-state index in [0.29, 0.717) is 5.56 Å². The molecule has 1 N–H and O–H groups in total. The molecule has 100 valence electrons. The SMILES string of the molecule is Fc1ccc(C2CCNCC2)c(SC(F)F)c1F. The average molecular weight is 279 g/mol. The lowest BCUT2D eigenvalue weighted by molar-refractivity contribution is 0.251. The van der Waals surface area contributed by atoms with Crippen LogP contribution in [-0.2, 0) is 0 Å². The number of benzene rings is 1. The van der Waals surface area contributed by atoms with E-state index in [0.717, 1.165) is 32.0 Å². The fourth-order valence-corrected chi connectivity index (χ4v) is 2.96. The predicted molar refractivity (Wildman–Crippen MR) is 63.1 cm³/mol. The maximum Gasteiger partial charge on any atom is 0.289 e. The van der Waals surface area contributed by atoms with Gasteiger partial charge in [0.25, 0.3) is 5.76 Å². The fraction of sp³-hybridized carbons (Fsp3) is 0.500. The molecule has 6 heteroatoms. The van der Waals surface area contributed by atoms with Crippen LogP contribution in [0.5, 0.6) is 0 Å². The van der Waals surface area contributed by atoms with E-state index in [9.17, 15) is 17.6 Å². The van der Waals surface area contributed by atoms with Crippen LogP contribution in [0, 0.1) is 11.6 Å². The number of piperidine rings is 1. The van der Waals surface area contributed by atoms with Crippen molar-refractivity contribution in [3.05, 3.63) is 29.3 Å².